The molecule has 0 spiro atoms. The Hall–Kier alpha value is -1.85. The summed E-state index contributed by atoms with van der Waals surface area (Å²) in [5.41, 5.74) is 4.54. The third-order valence-electron chi connectivity index (χ3n) is 3.76. The fourth-order valence-electron chi connectivity index (χ4n) is 2.97. The van der Waals surface area contributed by atoms with Gasteiger partial charge in [0.2, 0.25) is 5.91 Å². The van der Waals surface area contributed by atoms with Crippen molar-refractivity contribution in [1.82, 2.24) is 10.9 Å². The molecule has 2 amide bonds. The Kier molecular flexibility index (Phi) is 3.64. The summed E-state index contributed by atoms with van der Waals surface area (Å²) in [6, 6.07) is 0. The molecule has 3 atom stereocenters. The van der Waals surface area contributed by atoms with Crippen molar-refractivity contribution < 1.29 is 19.5 Å². The number of amides is 2. The Morgan fingerprint density at radius 1 is 1.06 bits per heavy atom. The summed E-state index contributed by atoms with van der Waals surface area (Å²) < 4.78 is 0. The van der Waals surface area contributed by atoms with E-state index in [1.54, 1.807) is 0 Å². The van der Waals surface area contributed by atoms with Crippen molar-refractivity contribution in [3.8, 4) is 0 Å². The summed E-state index contributed by atoms with van der Waals surface area (Å²) in [4.78, 5) is 33.1. The summed E-state index contributed by atoms with van der Waals surface area (Å²) >= 11 is 0. The van der Waals surface area contributed by atoms with Gasteiger partial charge in [0, 0.05) is 18.1 Å². The molecule has 98 valence electrons. The highest BCUT2D eigenvalue weighted by molar-refractivity contribution is 5.95. The summed E-state index contributed by atoms with van der Waals surface area (Å²) in [6.45, 7) is 0. The number of hydrogen-bond donors (Lipinski definition) is 3. The molecule has 0 aromatic heterocycles. The first-order chi connectivity index (χ1) is 8.56. The van der Waals surface area contributed by atoms with Gasteiger partial charge in [-0.1, -0.05) is 6.42 Å². The minimum absolute atomic E-state index is 0.00694. The van der Waals surface area contributed by atoms with E-state index in [2.05, 4.69) is 10.9 Å². The molecule has 6 nitrogen and oxygen atoms in total. The van der Waals surface area contributed by atoms with E-state index >= 15 is 0 Å². The third-order valence-corrected chi connectivity index (χ3v) is 3.76. The van der Waals surface area contributed by atoms with Gasteiger partial charge in [0.05, 0.1) is 0 Å². The van der Waals surface area contributed by atoms with E-state index in [9.17, 15) is 14.4 Å². The first-order valence-electron chi connectivity index (χ1n) is 6.07. The van der Waals surface area contributed by atoms with E-state index in [0.717, 1.165) is 31.4 Å². The number of aliphatic carboxylic acids is 1. The van der Waals surface area contributed by atoms with Gasteiger partial charge in [-0.15, -0.1) is 0 Å². The lowest BCUT2D eigenvalue weighted by atomic mass is 9.88. The number of rotatable bonds is 3. The lowest BCUT2D eigenvalue weighted by Crippen LogP contribution is -2.45. The Morgan fingerprint density at radius 2 is 1.83 bits per heavy atom. The van der Waals surface area contributed by atoms with Crippen LogP contribution in [0.3, 0.4) is 0 Å². The number of hydrazine groups is 1. The van der Waals surface area contributed by atoms with Crippen LogP contribution in [0.2, 0.25) is 0 Å². The minimum atomic E-state index is -1.20. The van der Waals surface area contributed by atoms with Crippen molar-refractivity contribution >= 4 is 17.8 Å². The van der Waals surface area contributed by atoms with Gasteiger partial charge in [-0.25, -0.2) is 4.79 Å². The molecular formula is C12H16N2O4. The highest BCUT2D eigenvalue weighted by atomic mass is 16.4. The Labute approximate surface area is 104 Å². The van der Waals surface area contributed by atoms with E-state index in [0.29, 0.717) is 11.8 Å². The maximum atomic E-state index is 11.8. The molecule has 2 aliphatic carbocycles. The summed E-state index contributed by atoms with van der Waals surface area (Å²) in [6.07, 6.45) is 5.91. The largest absolute Gasteiger partial charge is 0.478 e. The van der Waals surface area contributed by atoms with Crippen LogP contribution in [0, 0.1) is 17.8 Å². The fraction of sp³-hybridized carbons (Fsp3) is 0.583. The maximum absolute atomic E-state index is 11.8. The van der Waals surface area contributed by atoms with Crippen LogP contribution in [0.5, 0.6) is 0 Å². The van der Waals surface area contributed by atoms with Crippen LogP contribution in [0.1, 0.15) is 25.7 Å². The molecule has 0 heterocycles. The lowest BCUT2D eigenvalue weighted by Gasteiger charge is -2.20. The van der Waals surface area contributed by atoms with Crippen molar-refractivity contribution in [3.63, 3.8) is 0 Å². The smallest absolute Gasteiger partial charge is 0.328 e. The molecule has 2 bridgehead atoms. The zero-order valence-electron chi connectivity index (χ0n) is 9.89. The number of fused-ring (bicyclic) bond motifs is 2. The van der Waals surface area contributed by atoms with Crippen molar-refractivity contribution in [2.24, 2.45) is 17.8 Å². The molecule has 0 aliphatic heterocycles. The molecule has 0 aromatic carbocycles. The zero-order valence-corrected chi connectivity index (χ0v) is 9.89. The third kappa shape index (κ3) is 2.88. The van der Waals surface area contributed by atoms with Gasteiger partial charge in [0.25, 0.3) is 5.91 Å². The predicted molar refractivity (Wildman–Crippen MR) is 62.0 cm³/mol. The van der Waals surface area contributed by atoms with Crippen LogP contribution in [-0.2, 0) is 14.4 Å². The summed E-state index contributed by atoms with van der Waals surface area (Å²) in [5.74, 6) is -0.917. The van der Waals surface area contributed by atoms with Crippen molar-refractivity contribution in [1.29, 1.82) is 0 Å². The van der Waals surface area contributed by atoms with E-state index in [1.165, 1.54) is 6.42 Å². The molecule has 0 radical (unpaired) electrons. The highest BCUT2D eigenvalue weighted by Crippen LogP contribution is 2.48. The fourth-order valence-corrected chi connectivity index (χ4v) is 2.97. The first-order valence-corrected chi connectivity index (χ1v) is 6.07. The molecule has 3 N–H and O–H groups in total. The second-order valence-electron chi connectivity index (χ2n) is 4.93. The van der Waals surface area contributed by atoms with Crippen LogP contribution in [0.15, 0.2) is 12.2 Å². The number of carboxylic acid groups (broad SMARTS) is 1. The van der Waals surface area contributed by atoms with Gasteiger partial charge >= 0.3 is 5.97 Å². The zero-order chi connectivity index (χ0) is 13.1. The van der Waals surface area contributed by atoms with Crippen molar-refractivity contribution in [2.45, 2.75) is 25.7 Å². The van der Waals surface area contributed by atoms with Gasteiger partial charge < -0.3 is 5.11 Å². The van der Waals surface area contributed by atoms with Gasteiger partial charge in [-0.3, -0.25) is 20.4 Å². The molecule has 2 fully saturated rings. The van der Waals surface area contributed by atoms with Crippen LogP contribution in [0.25, 0.3) is 0 Å². The minimum Gasteiger partial charge on any atom is -0.478 e. The monoisotopic (exact) mass is 252 g/mol. The molecule has 2 rings (SSSR count). The van der Waals surface area contributed by atoms with Crippen LogP contribution >= 0.6 is 0 Å². The van der Waals surface area contributed by atoms with Gasteiger partial charge in [-0.05, 0) is 31.1 Å². The normalized spacial score (nSPS) is 29.4. The second kappa shape index (κ2) is 5.20. The number of carbonyl (C=O) groups is 3. The molecule has 0 aromatic rings. The van der Waals surface area contributed by atoms with Crippen molar-refractivity contribution in [3.05, 3.63) is 12.2 Å². The molecule has 2 saturated carbocycles. The lowest BCUT2D eigenvalue weighted by molar-refractivity contribution is -0.131. The molecular weight excluding hydrogens is 236 g/mol. The van der Waals surface area contributed by atoms with Crippen molar-refractivity contribution in [2.75, 3.05) is 0 Å². The number of hydrogen-bond acceptors (Lipinski definition) is 3. The molecule has 0 unspecified atom stereocenters. The number of carboxylic acids is 1. The van der Waals surface area contributed by atoms with Crippen LogP contribution < -0.4 is 10.9 Å². The van der Waals surface area contributed by atoms with E-state index in [-0.39, 0.29) is 11.8 Å². The molecule has 18 heavy (non-hydrogen) atoms. The molecule has 6 heteroatoms. The van der Waals surface area contributed by atoms with Crippen LogP contribution in [0.4, 0.5) is 0 Å². The van der Waals surface area contributed by atoms with Crippen LogP contribution in [-0.4, -0.2) is 22.9 Å². The number of carbonyl (C=O) groups excluding carboxylic acids is 2. The molecule has 2 aliphatic rings. The van der Waals surface area contributed by atoms with Gasteiger partial charge in [0.15, 0.2) is 0 Å². The van der Waals surface area contributed by atoms with E-state index in [4.69, 9.17) is 5.11 Å². The Bertz CT molecular complexity index is 405. The van der Waals surface area contributed by atoms with E-state index in [1.807, 2.05) is 0 Å². The SMILES string of the molecule is O=C(O)/C=C/C(=O)NNC(=O)[C@H]1C[C@@H]2CC[C@@H]1C2. The predicted octanol–water partition coefficient (Wildman–Crippen LogP) is 0.211. The van der Waals surface area contributed by atoms with Gasteiger partial charge in [0.1, 0.15) is 0 Å². The highest BCUT2D eigenvalue weighted by Gasteiger charge is 2.43. The topological polar surface area (TPSA) is 95.5 Å². The maximum Gasteiger partial charge on any atom is 0.328 e. The standard InChI is InChI=1S/C12H16N2O4/c15-10(3-4-11(16)17)13-14-12(18)9-6-7-1-2-8(9)5-7/h3-4,7-9H,1-2,5-6H2,(H,13,15)(H,14,18)(H,16,17)/b4-3+/t7-,8-,9+/m1/s1. The average Bonchev–Trinajstić information content (AvgIpc) is 2.95. The Morgan fingerprint density at radius 3 is 2.39 bits per heavy atom. The second-order valence-corrected chi connectivity index (χ2v) is 4.93. The molecule has 0 saturated heterocycles. The first kappa shape index (κ1) is 12.6. The summed E-state index contributed by atoms with van der Waals surface area (Å²) in [5, 5.41) is 8.33. The summed E-state index contributed by atoms with van der Waals surface area (Å²) in [7, 11) is 0. The average molecular weight is 252 g/mol. The van der Waals surface area contributed by atoms with Gasteiger partial charge in [-0.2, -0.15) is 0 Å². The Balaban J connectivity index is 1.75. The van der Waals surface area contributed by atoms with E-state index < -0.39 is 11.9 Å². The number of nitrogens with one attached hydrogen (secondary N) is 2. The quantitative estimate of drug-likeness (QED) is 0.494.